The Morgan fingerprint density at radius 2 is 0.750 bits per heavy atom. The summed E-state index contributed by atoms with van der Waals surface area (Å²) in [5, 5.41) is 70.1. The number of aliphatic carboxylic acids is 2. The number of rotatable bonds is 56. The number of carbonyl (C=O) groups excluding carboxylic acids is 15. The molecule has 1 aliphatic rings. The first kappa shape index (κ1) is 102. The molecule has 1 aliphatic heterocycles. The van der Waals surface area contributed by atoms with Crippen LogP contribution in [0.1, 0.15) is 162 Å². The Hall–Kier alpha value is -12.2. The van der Waals surface area contributed by atoms with E-state index in [2.05, 4.69) is 74.4 Å². The smallest absolute Gasteiger partial charge is 0.326 e. The lowest BCUT2D eigenvalue weighted by Crippen LogP contribution is -2.60. The van der Waals surface area contributed by atoms with Gasteiger partial charge in [-0.1, -0.05) is 88.4 Å². The molecular formula is C77H124N24O19. The van der Waals surface area contributed by atoms with Crippen LogP contribution in [0.2, 0.25) is 0 Å². The third-order valence-corrected chi connectivity index (χ3v) is 19.0. The second-order valence-corrected chi connectivity index (χ2v) is 30.3. The number of guanidine groups is 2. The molecule has 3 rings (SSSR count). The molecule has 0 aromatic heterocycles. The summed E-state index contributed by atoms with van der Waals surface area (Å²) in [5.74, 6) is -18.5. The van der Waals surface area contributed by atoms with E-state index >= 15 is 0 Å². The van der Waals surface area contributed by atoms with Crippen LogP contribution < -0.4 is 115 Å². The number of nitrogens with zero attached hydrogens (tertiary/aromatic N) is 1. The first-order valence-electron chi connectivity index (χ1n) is 40.0. The predicted molar refractivity (Wildman–Crippen MR) is 438 cm³/mol. The van der Waals surface area contributed by atoms with Crippen LogP contribution in [0.3, 0.4) is 0 Å². The van der Waals surface area contributed by atoms with Crippen molar-refractivity contribution in [2.45, 2.75) is 248 Å². The number of primary amides is 2. The topological polar surface area (TPSA) is 732 Å². The van der Waals surface area contributed by atoms with Gasteiger partial charge < -0.3 is 130 Å². The summed E-state index contributed by atoms with van der Waals surface area (Å²) in [6, 6.07) is -4.10. The third kappa shape index (κ3) is 38.5. The number of nitrogens with one attached hydrogen (secondary N) is 16. The van der Waals surface area contributed by atoms with Gasteiger partial charge in [0, 0.05) is 32.5 Å². The van der Waals surface area contributed by atoms with Gasteiger partial charge in [-0.2, -0.15) is 0 Å². The summed E-state index contributed by atoms with van der Waals surface area (Å²) < 4.78 is 0. The molecule has 0 unspecified atom stereocenters. The van der Waals surface area contributed by atoms with Crippen LogP contribution in [0.5, 0.6) is 0 Å². The Bertz CT molecular complexity index is 3820. The van der Waals surface area contributed by atoms with E-state index in [1.165, 1.54) is 18.7 Å². The van der Waals surface area contributed by atoms with E-state index in [4.69, 9.17) is 51.0 Å². The molecule has 0 spiro atoms. The molecule has 1 saturated heterocycles. The molecule has 666 valence electrons. The predicted octanol–water partition coefficient (Wildman–Crippen LogP) is -6.17. The number of amides is 15. The van der Waals surface area contributed by atoms with Crippen LogP contribution in [0.4, 0.5) is 0 Å². The summed E-state index contributed by atoms with van der Waals surface area (Å²) >= 11 is 0. The molecular weight excluding hydrogens is 1560 g/mol. The molecule has 43 heteroatoms. The van der Waals surface area contributed by atoms with E-state index in [1.807, 2.05) is 0 Å². The summed E-state index contributed by atoms with van der Waals surface area (Å²) in [4.78, 5) is 234. The lowest BCUT2D eigenvalue weighted by molar-refractivity contribution is -0.144. The highest BCUT2D eigenvalue weighted by Gasteiger charge is 2.42. The number of carboxylic acid groups (broad SMARTS) is 2. The lowest BCUT2D eigenvalue weighted by atomic mass is 10.0. The average molecular weight is 1690 g/mol. The Balaban J connectivity index is 1.88. The minimum atomic E-state index is -1.84. The minimum Gasteiger partial charge on any atom is -0.481 e. The maximum atomic E-state index is 14.8. The molecule has 0 radical (unpaired) electrons. The van der Waals surface area contributed by atoms with E-state index in [0.29, 0.717) is 36.8 Å². The highest BCUT2D eigenvalue weighted by atomic mass is 16.4. The van der Waals surface area contributed by atoms with Crippen molar-refractivity contribution >= 4 is 112 Å². The molecule has 0 saturated carbocycles. The summed E-state index contributed by atoms with van der Waals surface area (Å²) in [7, 11) is 0. The van der Waals surface area contributed by atoms with Gasteiger partial charge in [0.15, 0.2) is 11.9 Å². The van der Waals surface area contributed by atoms with Crippen LogP contribution in [-0.2, 0) is 94.3 Å². The molecule has 2 aromatic carbocycles. The highest BCUT2D eigenvalue weighted by molar-refractivity contribution is 6.01. The molecule has 2 aromatic rings. The number of hydrogen-bond donors (Lipinski definition) is 25. The Morgan fingerprint density at radius 1 is 0.408 bits per heavy atom. The van der Waals surface area contributed by atoms with Crippen molar-refractivity contribution in [2.75, 3.05) is 32.7 Å². The van der Waals surface area contributed by atoms with Gasteiger partial charge in [-0.3, -0.25) is 87.5 Å². The minimum absolute atomic E-state index is 0.00557. The SMILES string of the molecule is CC(C)C[C@H](NC(=O)[C@H](C)NC(=O)[C@H](CCCCN)NC(=O)[C@H](CCCCN)NC(=O)[C@H](Cc1ccccc1)NC(=O)[C@@H](N)CC(=O)O)C(=O)N[C@@H](CCCNC(=N)N)C(=O)N[C@@H](C)C(=O)N[C@@H](CC(C)C)C(=O)N1CCC[C@H]1C(=O)N[C@@H](CCCNC(=N)N)C(=O)N[C@@H](CC(N)=O)C(=O)N[C@@H](Cc1ccccc1)C(=O)N[C@@H](CC(N)=O)C(=O)O. The molecule has 43 nitrogen and oxygen atoms in total. The third-order valence-electron chi connectivity index (χ3n) is 19.0. The number of benzene rings is 2. The first-order chi connectivity index (χ1) is 56.6. The number of likely N-dealkylation sites (tertiary alicyclic amines) is 1. The van der Waals surface area contributed by atoms with Gasteiger partial charge in [0.05, 0.1) is 25.3 Å². The largest absolute Gasteiger partial charge is 0.481 e. The van der Waals surface area contributed by atoms with Crippen molar-refractivity contribution in [1.82, 2.24) is 79.3 Å². The van der Waals surface area contributed by atoms with E-state index in [-0.39, 0.29) is 122 Å². The van der Waals surface area contributed by atoms with Crippen molar-refractivity contribution in [3.05, 3.63) is 71.8 Å². The maximum absolute atomic E-state index is 14.8. The second kappa shape index (κ2) is 53.3. The van der Waals surface area contributed by atoms with Crippen molar-refractivity contribution in [1.29, 1.82) is 10.8 Å². The molecule has 0 aliphatic carbocycles. The summed E-state index contributed by atoms with van der Waals surface area (Å²) in [5.41, 5.74) is 40.3. The fourth-order valence-corrected chi connectivity index (χ4v) is 12.8. The van der Waals surface area contributed by atoms with Gasteiger partial charge in [0.1, 0.15) is 78.5 Å². The van der Waals surface area contributed by atoms with E-state index in [9.17, 15) is 91.7 Å². The standard InChI is InChI=1S/C77H124N24O19/c1-41(2)34-52(95-62(106)43(5)89-65(109)48(24-13-15-29-78)91-67(111)49(25-14-16-30-79)92-70(114)53(36-45-20-9-7-10-21-45)96-64(108)47(80)38-61(104)105)69(113)93-50(26-17-31-87-76(83)84)66(110)90-44(6)63(107)99-56(35-42(3)4)74(118)101-33-19-28-58(101)73(117)94-51(27-18-32-88-77(85)86)68(112)98-55(39-59(81)102)72(116)97-54(37-46-22-11-8-12-23-46)71(115)100-57(75(119)120)40-60(82)103/h7-12,20-23,41-44,47-58H,13-19,24-40,78-80H2,1-6H3,(H2,81,102)(H2,82,103)(H,89,109)(H,90,110)(H,91,111)(H,92,114)(H,93,113)(H,94,117)(H,95,106)(H,96,108)(H,97,116)(H,98,112)(H,99,107)(H,100,115)(H,104,105)(H,119,120)(H4,83,84,87)(H4,85,86,88)/t43-,44-,47-,48-,49-,50-,51-,52-,53-,54-,55-,56-,57-,58-/m0/s1. The molecule has 1 fully saturated rings. The Labute approximate surface area is 696 Å². The van der Waals surface area contributed by atoms with Crippen LogP contribution in [-0.4, -0.2) is 245 Å². The molecule has 32 N–H and O–H groups in total. The summed E-state index contributed by atoms with van der Waals surface area (Å²) in [6.45, 7) is 10.1. The van der Waals surface area contributed by atoms with Gasteiger partial charge in [-0.15, -0.1) is 0 Å². The molecule has 1 heterocycles. The molecule has 0 bridgehead atoms. The zero-order chi connectivity index (χ0) is 89.9. The van der Waals surface area contributed by atoms with Crippen LogP contribution >= 0.6 is 0 Å². The molecule has 120 heavy (non-hydrogen) atoms. The van der Waals surface area contributed by atoms with Crippen molar-refractivity contribution in [2.24, 2.45) is 52.0 Å². The highest BCUT2D eigenvalue weighted by Crippen LogP contribution is 2.22. The van der Waals surface area contributed by atoms with E-state index < -0.39 is 216 Å². The van der Waals surface area contributed by atoms with Gasteiger partial charge >= 0.3 is 11.9 Å². The van der Waals surface area contributed by atoms with Gasteiger partial charge in [-0.25, -0.2) is 4.79 Å². The number of hydrogen-bond acceptors (Lipinski definition) is 22. The summed E-state index contributed by atoms with van der Waals surface area (Å²) in [6.07, 6.45) is -1.32. The lowest BCUT2D eigenvalue weighted by Gasteiger charge is -2.31. The van der Waals surface area contributed by atoms with Crippen molar-refractivity contribution in [3.8, 4) is 0 Å². The first-order valence-corrected chi connectivity index (χ1v) is 40.0. The van der Waals surface area contributed by atoms with Gasteiger partial charge in [0.25, 0.3) is 0 Å². The number of carboxylic acids is 2. The van der Waals surface area contributed by atoms with E-state index in [0.717, 1.165) is 0 Å². The zero-order valence-corrected chi connectivity index (χ0v) is 68.8. The monoisotopic (exact) mass is 1690 g/mol. The second-order valence-electron chi connectivity index (χ2n) is 30.3. The van der Waals surface area contributed by atoms with Crippen LogP contribution in [0, 0.1) is 22.7 Å². The zero-order valence-electron chi connectivity index (χ0n) is 68.8. The molecule has 15 amide bonds. The molecule has 14 atom stereocenters. The average Bonchev–Trinajstić information content (AvgIpc) is 1.71. The Morgan fingerprint density at radius 3 is 1.16 bits per heavy atom. The number of carbonyl (C=O) groups is 17. The van der Waals surface area contributed by atoms with Crippen molar-refractivity contribution in [3.63, 3.8) is 0 Å². The number of nitrogens with two attached hydrogens (primary N) is 7. The normalized spacial score (nSPS) is 15.6. The van der Waals surface area contributed by atoms with Gasteiger partial charge in [-0.05, 0) is 140 Å². The van der Waals surface area contributed by atoms with Gasteiger partial charge in [0.2, 0.25) is 88.6 Å². The van der Waals surface area contributed by atoms with Crippen molar-refractivity contribution < 1.29 is 91.7 Å². The van der Waals surface area contributed by atoms with Crippen LogP contribution in [0.15, 0.2) is 60.7 Å². The quantitative estimate of drug-likeness (QED) is 0.0166. The van der Waals surface area contributed by atoms with Crippen LogP contribution in [0.25, 0.3) is 0 Å². The number of unbranched alkanes of at least 4 members (excludes halogenated alkanes) is 2. The van der Waals surface area contributed by atoms with E-state index in [1.54, 1.807) is 88.4 Å². The maximum Gasteiger partial charge on any atom is 0.326 e. The Kier molecular flexibility index (Phi) is 45.3. The fourth-order valence-electron chi connectivity index (χ4n) is 12.8. The fraction of sp³-hybridized carbons (Fsp3) is 0.597.